The molecule has 4 aromatic rings. The van der Waals surface area contributed by atoms with E-state index in [0.717, 1.165) is 12.5 Å². The summed E-state index contributed by atoms with van der Waals surface area (Å²) < 4.78 is 46.9. The summed E-state index contributed by atoms with van der Waals surface area (Å²) in [5.74, 6) is -0.950. The summed E-state index contributed by atoms with van der Waals surface area (Å²) in [6.45, 7) is 0. The smallest absolute Gasteiger partial charge is 0.417 e. The van der Waals surface area contributed by atoms with E-state index in [1.807, 2.05) is 0 Å². The van der Waals surface area contributed by atoms with Gasteiger partial charge in [-0.05, 0) is 18.2 Å². The molecule has 4 rings (SSSR count). The fourth-order valence-electron chi connectivity index (χ4n) is 2.91. The zero-order chi connectivity index (χ0) is 20.4. The van der Waals surface area contributed by atoms with Crippen LogP contribution in [0.4, 0.5) is 18.9 Å². The molecule has 0 fully saturated rings. The fraction of sp³-hybridized carbons (Fsp3) is 0.0500. The van der Waals surface area contributed by atoms with Gasteiger partial charge in [-0.2, -0.15) is 13.2 Å². The summed E-state index contributed by atoms with van der Waals surface area (Å²) in [6.07, 6.45) is 1.19. The Balaban J connectivity index is 1.70. The molecule has 146 valence electrons. The van der Waals surface area contributed by atoms with E-state index in [-0.39, 0.29) is 17.0 Å². The molecular weight excluding hydrogens is 385 g/mol. The molecule has 0 bridgehead atoms. The molecule has 0 atom stereocenters. The number of carbonyl (C=O) groups is 1. The Bertz CT molecular complexity index is 1150. The number of alkyl halides is 3. The largest absolute Gasteiger partial charge is 0.443 e. The fourth-order valence-corrected chi connectivity index (χ4v) is 2.91. The topological polar surface area (TPSA) is 73.0 Å². The van der Waals surface area contributed by atoms with Crippen LogP contribution in [0.5, 0.6) is 0 Å². The highest BCUT2D eigenvalue weighted by molar-refractivity contribution is 6.07. The van der Waals surface area contributed by atoms with Crippen LogP contribution in [0.25, 0.3) is 17.0 Å². The second kappa shape index (κ2) is 7.27. The van der Waals surface area contributed by atoms with Gasteiger partial charge >= 0.3 is 6.18 Å². The average Bonchev–Trinajstić information content (AvgIpc) is 3.40. The maximum atomic E-state index is 13.4. The summed E-state index contributed by atoms with van der Waals surface area (Å²) in [4.78, 5) is 20.6. The first-order chi connectivity index (χ1) is 13.9. The Morgan fingerprint density at radius 2 is 1.83 bits per heavy atom. The Morgan fingerprint density at radius 1 is 1.07 bits per heavy atom. The number of aromatic nitrogens is 3. The lowest BCUT2D eigenvalue weighted by Crippen LogP contribution is -2.15. The standard InChI is InChI=1S/C20H13F3N4O2/c21-20(22,23)14-6-2-1-5-13(14)18-17(25-12-29-18)19(28)26-15-7-3-4-8-16(15)27-10-9-24-11-27/h1-12H,(H,26,28). The maximum Gasteiger partial charge on any atom is 0.417 e. The van der Waals surface area contributed by atoms with Crippen molar-refractivity contribution in [2.75, 3.05) is 5.32 Å². The van der Waals surface area contributed by atoms with Crippen LogP contribution in [0.3, 0.4) is 0 Å². The van der Waals surface area contributed by atoms with Gasteiger partial charge in [0.25, 0.3) is 5.91 Å². The molecule has 0 radical (unpaired) electrons. The number of rotatable bonds is 4. The van der Waals surface area contributed by atoms with Crippen molar-refractivity contribution in [1.82, 2.24) is 14.5 Å². The van der Waals surface area contributed by atoms with E-state index in [0.29, 0.717) is 11.4 Å². The molecule has 9 heteroatoms. The van der Waals surface area contributed by atoms with Gasteiger partial charge in [-0.15, -0.1) is 0 Å². The number of amides is 1. The Hall–Kier alpha value is -3.88. The third-order valence-electron chi connectivity index (χ3n) is 4.19. The SMILES string of the molecule is O=C(Nc1ccccc1-n1ccnc1)c1ncoc1-c1ccccc1C(F)(F)F. The highest BCUT2D eigenvalue weighted by Gasteiger charge is 2.35. The number of carbonyl (C=O) groups excluding carboxylic acids is 1. The van der Waals surface area contributed by atoms with Crippen LogP contribution >= 0.6 is 0 Å². The van der Waals surface area contributed by atoms with Gasteiger partial charge < -0.3 is 14.3 Å². The van der Waals surface area contributed by atoms with Gasteiger partial charge in [0.05, 0.1) is 23.3 Å². The van der Waals surface area contributed by atoms with Crippen molar-refractivity contribution in [2.45, 2.75) is 6.18 Å². The lowest BCUT2D eigenvalue weighted by Gasteiger charge is -2.13. The quantitative estimate of drug-likeness (QED) is 0.536. The summed E-state index contributed by atoms with van der Waals surface area (Å²) >= 11 is 0. The van der Waals surface area contributed by atoms with Crippen molar-refractivity contribution in [3.05, 3.63) is 84.9 Å². The van der Waals surface area contributed by atoms with E-state index in [1.54, 1.807) is 47.6 Å². The zero-order valence-electron chi connectivity index (χ0n) is 14.7. The van der Waals surface area contributed by atoms with E-state index in [1.165, 1.54) is 18.2 Å². The van der Waals surface area contributed by atoms with Gasteiger partial charge in [-0.25, -0.2) is 9.97 Å². The van der Waals surface area contributed by atoms with E-state index in [4.69, 9.17) is 4.42 Å². The minimum atomic E-state index is -4.61. The van der Waals surface area contributed by atoms with Crippen LogP contribution < -0.4 is 5.32 Å². The average molecular weight is 398 g/mol. The molecule has 1 amide bonds. The summed E-state index contributed by atoms with van der Waals surface area (Å²) in [5, 5.41) is 2.68. The number of benzene rings is 2. The third kappa shape index (κ3) is 3.62. The normalized spacial score (nSPS) is 11.4. The molecule has 6 nitrogen and oxygen atoms in total. The molecular formula is C20H13F3N4O2. The number of imidazole rings is 1. The molecule has 0 saturated carbocycles. The molecule has 2 aromatic heterocycles. The summed E-state index contributed by atoms with van der Waals surface area (Å²) in [6, 6.07) is 11.8. The highest BCUT2D eigenvalue weighted by atomic mass is 19.4. The maximum absolute atomic E-state index is 13.4. The zero-order valence-corrected chi connectivity index (χ0v) is 14.7. The molecule has 0 unspecified atom stereocenters. The first kappa shape index (κ1) is 18.5. The molecule has 0 aliphatic rings. The first-order valence-corrected chi connectivity index (χ1v) is 8.44. The second-order valence-electron chi connectivity index (χ2n) is 6.01. The summed E-state index contributed by atoms with van der Waals surface area (Å²) in [7, 11) is 0. The molecule has 2 aromatic carbocycles. The van der Waals surface area contributed by atoms with Crippen molar-refractivity contribution in [2.24, 2.45) is 0 Å². The van der Waals surface area contributed by atoms with Crippen molar-refractivity contribution in [3.8, 4) is 17.0 Å². The molecule has 0 saturated heterocycles. The Kier molecular flexibility index (Phi) is 4.63. The van der Waals surface area contributed by atoms with Crippen LogP contribution in [0, 0.1) is 0 Å². The van der Waals surface area contributed by atoms with E-state index in [2.05, 4.69) is 15.3 Å². The number of hydrogen-bond acceptors (Lipinski definition) is 4. The summed E-state index contributed by atoms with van der Waals surface area (Å²) in [5.41, 5.74) is -0.343. The monoisotopic (exact) mass is 398 g/mol. The van der Waals surface area contributed by atoms with E-state index < -0.39 is 17.6 Å². The molecule has 0 aliphatic carbocycles. The number of hydrogen-bond donors (Lipinski definition) is 1. The van der Waals surface area contributed by atoms with Crippen LogP contribution in [0.15, 0.2) is 78.1 Å². The number of para-hydroxylation sites is 2. The van der Waals surface area contributed by atoms with Crippen LogP contribution in [-0.2, 0) is 6.18 Å². The lowest BCUT2D eigenvalue weighted by molar-refractivity contribution is -0.137. The van der Waals surface area contributed by atoms with Gasteiger partial charge in [0.15, 0.2) is 17.8 Å². The number of oxazole rings is 1. The molecule has 0 aliphatic heterocycles. The Labute approximate surface area is 162 Å². The van der Waals surface area contributed by atoms with Crippen molar-refractivity contribution in [3.63, 3.8) is 0 Å². The third-order valence-corrected chi connectivity index (χ3v) is 4.19. The Morgan fingerprint density at radius 3 is 2.59 bits per heavy atom. The number of nitrogens with zero attached hydrogens (tertiary/aromatic N) is 3. The molecule has 1 N–H and O–H groups in total. The van der Waals surface area contributed by atoms with Gasteiger partial charge in [-0.3, -0.25) is 4.79 Å². The minimum absolute atomic E-state index is 0.248. The van der Waals surface area contributed by atoms with E-state index >= 15 is 0 Å². The van der Waals surface area contributed by atoms with Crippen molar-refractivity contribution >= 4 is 11.6 Å². The van der Waals surface area contributed by atoms with Gasteiger partial charge in [0, 0.05) is 18.0 Å². The first-order valence-electron chi connectivity index (χ1n) is 8.44. The molecule has 29 heavy (non-hydrogen) atoms. The number of anilines is 1. The molecule has 2 heterocycles. The van der Waals surface area contributed by atoms with E-state index in [9.17, 15) is 18.0 Å². The van der Waals surface area contributed by atoms with Crippen LogP contribution in [0.2, 0.25) is 0 Å². The number of nitrogens with one attached hydrogen (secondary N) is 1. The predicted molar refractivity (Wildman–Crippen MR) is 98.5 cm³/mol. The van der Waals surface area contributed by atoms with Crippen molar-refractivity contribution in [1.29, 1.82) is 0 Å². The van der Waals surface area contributed by atoms with Gasteiger partial charge in [-0.1, -0.05) is 30.3 Å². The lowest BCUT2D eigenvalue weighted by atomic mass is 10.0. The van der Waals surface area contributed by atoms with Gasteiger partial charge in [0.1, 0.15) is 0 Å². The van der Waals surface area contributed by atoms with Crippen LogP contribution in [0.1, 0.15) is 16.1 Å². The highest BCUT2D eigenvalue weighted by Crippen LogP contribution is 2.38. The predicted octanol–water partition coefficient (Wildman–Crippen LogP) is 4.80. The van der Waals surface area contributed by atoms with Gasteiger partial charge in [0.2, 0.25) is 0 Å². The second-order valence-corrected chi connectivity index (χ2v) is 6.01. The van der Waals surface area contributed by atoms with Crippen molar-refractivity contribution < 1.29 is 22.4 Å². The number of halogens is 3. The van der Waals surface area contributed by atoms with Crippen LogP contribution in [-0.4, -0.2) is 20.4 Å². The minimum Gasteiger partial charge on any atom is -0.443 e. The molecule has 0 spiro atoms.